The maximum absolute atomic E-state index is 12.6. The number of carbonyl (C=O) groups is 2. The lowest BCUT2D eigenvalue weighted by Gasteiger charge is -2.26. The molecular weight excluding hydrogens is 354 g/mol. The van der Waals surface area contributed by atoms with Gasteiger partial charge in [-0.1, -0.05) is 18.2 Å². The summed E-state index contributed by atoms with van der Waals surface area (Å²) in [6, 6.07) is 7.62. The molecule has 7 nitrogen and oxygen atoms in total. The minimum atomic E-state index is -0.149. The van der Waals surface area contributed by atoms with Gasteiger partial charge in [-0.2, -0.15) is 0 Å². The lowest BCUT2D eigenvalue weighted by atomic mass is 9.90. The summed E-state index contributed by atoms with van der Waals surface area (Å²) < 4.78 is 2.14. The largest absolute Gasteiger partial charge is 0.337 e. The van der Waals surface area contributed by atoms with E-state index in [9.17, 15) is 9.59 Å². The Hall–Kier alpha value is -2.83. The molecule has 0 saturated heterocycles. The third-order valence-electron chi connectivity index (χ3n) is 5.80. The molecule has 28 heavy (non-hydrogen) atoms. The van der Waals surface area contributed by atoms with Crippen molar-refractivity contribution in [3.8, 4) is 0 Å². The van der Waals surface area contributed by atoms with Crippen molar-refractivity contribution in [2.45, 2.75) is 44.6 Å². The molecule has 7 heteroatoms. The Bertz CT molecular complexity index is 904. The monoisotopic (exact) mass is 381 g/mol. The van der Waals surface area contributed by atoms with Crippen LogP contribution in [0.15, 0.2) is 24.3 Å². The van der Waals surface area contributed by atoms with Crippen molar-refractivity contribution in [3.05, 3.63) is 47.0 Å². The molecule has 1 unspecified atom stereocenters. The Kier molecular flexibility index (Phi) is 5.07. The number of para-hydroxylation sites is 1. The zero-order valence-corrected chi connectivity index (χ0v) is 16.5. The first kappa shape index (κ1) is 18.5. The van der Waals surface area contributed by atoms with Crippen LogP contribution in [0.5, 0.6) is 0 Å². The number of aryl methyl sites for hydroxylation is 1. The number of benzene rings is 1. The molecule has 0 bridgehead atoms. The van der Waals surface area contributed by atoms with E-state index < -0.39 is 0 Å². The van der Waals surface area contributed by atoms with Crippen LogP contribution < -0.4 is 10.6 Å². The van der Waals surface area contributed by atoms with Crippen LogP contribution in [0.1, 0.15) is 48.0 Å². The second-order valence-corrected chi connectivity index (χ2v) is 7.77. The van der Waals surface area contributed by atoms with Gasteiger partial charge in [0.15, 0.2) is 0 Å². The van der Waals surface area contributed by atoms with Gasteiger partial charge in [0.25, 0.3) is 0 Å². The molecule has 0 fully saturated rings. The zero-order valence-electron chi connectivity index (χ0n) is 16.5. The van der Waals surface area contributed by atoms with E-state index in [1.54, 1.807) is 11.9 Å². The summed E-state index contributed by atoms with van der Waals surface area (Å²) in [5.41, 5.74) is 4.40. The fourth-order valence-electron chi connectivity index (χ4n) is 4.20. The Morgan fingerprint density at radius 1 is 1.32 bits per heavy atom. The summed E-state index contributed by atoms with van der Waals surface area (Å²) in [5.74, 6) is 0.902. The average Bonchev–Trinajstić information content (AvgIpc) is 3.01. The number of hydrogen-bond acceptors (Lipinski definition) is 3. The van der Waals surface area contributed by atoms with Gasteiger partial charge in [0, 0.05) is 44.4 Å². The third kappa shape index (κ3) is 3.61. The molecule has 2 heterocycles. The molecule has 2 aliphatic rings. The van der Waals surface area contributed by atoms with Crippen LogP contribution >= 0.6 is 0 Å². The first-order valence-corrected chi connectivity index (χ1v) is 9.94. The highest BCUT2D eigenvalue weighted by Gasteiger charge is 2.26. The first-order chi connectivity index (χ1) is 13.5. The van der Waals surface area contributed by atoms with E-state index in [1.807, 2.05) is 31.3 Å². The summed E-state index contributed by atoms with van der Waals surface area (Å²) in [6.45, 7) is 0.905. The molecular formula is C21H27N5O2. The van der Waals surface area contributed by atoms with E-state index >= 15 is 0 Å². The molecule has 4 rings (SSSR count). The van der Waals surface area contributed by atoms with Crippen LogP contribution in [0.2, 0.25) is 0 Å². The maximum atomic E-state index is 12.6. The van der Waals surface area contributed by atoms with Gasteiger partial charge in [-0.05, 0) is 37.3 Å². The minimum Gasteiger partial charge on any atom is -0.337 e. The summed E-state index contributed by atoms with van der Waals surface area (Å²) >= 11 is 0. The third-order valence-corrected chi connectivity index (χ3v) is 5.80. The number of urea groups is 1. The number of aromatic nitrogens is 2. The molecule has 2 aromatic rings. The lowest BCUT2D eigenvalue weighted by molar-refractivity contribution is -0.116. The predicted octanol–water partition coefficient (Wildman–Crippen LogP) is 2.57. The molecule has 2 N–H and O–H groups in total. The highest BCUT2D eigenvalue weighted by atomic mass is 16.2. The van der Waals surface area contributed by atoms with Crippen LogP contribution in [0, 0.1) is 0 Å². The van der Waals surface area contributed by atoms with E-state index in [1.165, 1.54) is 24.2 Å². The van der Waals surface area contributed by atoms with E-state index in [2.05, 4.69) is 15.2 Å². The van der Waals surface area contributed by atoms with Crippen molar-refractivity contribution in [1.29, 1.82) is 0 Å². The molecule has 0 saturated carbocycles. The van der Waals surface area contributed by atoms with Crippen LogP contribution in [0.25, 0.3) is 0 Å². The highest BCUT2D eigenvalue weighted by Crippen LogP contribution is 2.31. The number of rotatable bonds is 4. The molecule has 1 aromatic carbocycles. The van der Waals surface area contributed by atoms with Gasteiger partial charge in [-0.25, -0.2) is 9.78 Å². The van der Waals surface area contributed by atoms with Crippen LogP contribution in [-0.2, 0) is 31.2 Å². The molecule has 1 atom stereocenters. The van der Waals surface area contributed by atoms with Crippen molar-refractivity contribution in [2.75, 3.05) is 18.9 Å². The first-order valence-electron chi connectivity index (χ1n) is 9.94. The van der Waals surface area contributed by atoms with Crippen molar-refractivity contribution in [3.63, 3.8) is 0 Å². The van der Waals surface area contributed by atoms with E-state index in [4.69, 9.17) is 4.98 Å². The number of imidazole rings is 1. The quantitative estimate of drug-likeness (QED) is 0.854. The van der Waals surface area contributed by atoms with Gasteiger partial charge >= 0.3 is 6.03 Å². The molecule has 0 spiro atoms. The highest BCUT2D eigenvalue weighted by molar-refractivity contribution is 5.94. The number of hydrogen-bond donors (Lipinski definition) is 2. The summed E-state index contributed by atoms with van der Waals surface area (Å²) in [6.07, 6.45) is 4.88. The molecule has 1 aromatic heterocycles. The Labute approximate surface area is 165 Å². The van der Waals surface area contributed by atoms with Crippen LogP contribution in [0.4, 0.5) is 10.5 Å². The second kappa shape index (κ2) is 7.66. The van der Waals surface area contributed by atoms with Gasteiger partial charge in [0.1, 0.15) is 5.82 Å². The summed E-state index contributed by atoms with van der Waals surface area (Å²) in [5, 5.41) is 5.87. The molecule has 0 radical (unpaired) electrons. The number of fused-ring (bicyclic) bond motifs is 2. The molecule has 1 aliphatic heterocycles. The number of nitrogens with zero attached hydrogens (tertiary/aromatic N) is 3. The second-order valence-electron chi connectivity index (χ2n) is 7.77. The summed E-state index contributed by atoms with van der Waals surface area (Å²) in [7, 11) is 3.82. The van der Waals surface area contributed by atoms with Gasteiger partial charge < -0.3 is 20.1 Å². The van der Waals surface area contributed by atoms with Crippen LogP contribution in [0.3, 0.4) is 0 Å². The van der Waals surface area contributed by atoms with Crippen molar-refractivity contribution in [2.24, 2.45) is 7.05 Å². The average molecular weight is 381 g/mol. The number of nitrogens with one attached hydrogen (secondary N) is 2. The van der Waals surface area contributed by atoms with Gasteiger partial charge in [0.2, 0.25) is 5.91 Å². The minimum absolute atomic E-state index is 0.00936. The maximum Gasteiger partial charge on any atom is 0.317 e. The van der Waals surface area contributed by atoms with E-state index in [-0.39, 0.29) is 17.9 Å². The zero-order chi connectivity index (χ0) is 19.7. The van der Waals surface area contributed by atoms with Crippen molar-refractivity contribution < 1.29 is 9.59 Å². The number of carbonyl (C=O) groups excluding carboxylic acids is 2. The van der Waals surface area contributed by atoms with Gasteiger partial charge in [-0.3, -0.25) is 4.79 Å². The topological polar surface area (TPSA) is 79.3 Å². The Balaban J connectivity index is 1.38. The normalized spacial score (nSPS) is 18.1. The lowest BCUT2D eigenvalue weighted by Crippen LogP contribution is -2.40. The van der Waals surface area contributed by atoms with Crippen molar-refractivity contribution in [1.82, 2.24) is 19.8 Å². The van der Waals surface area contributed by atoms with Gasteiger partial charge in [0.05, 0.1) is 12.2 Å². The standard InChI is InChI=1S/C21H27N5O2/c1-25(13-19-23-17-9-5-6-10-18(17)26(19)2)21(28)22-12-14-11-20(27)24-16-8-4-3-7-15(14)16/h3-4,7-8,14H,5-6,9-13H2,1-2H3,(H,22,28)(H,24,27). The molecule has 148 valence electrons. The van der Waals surface area contributed by atoms with Crippen molar-refractivity contribution >= 4 is 17.6 Å². The van der Waals surface area contributed by atoms with Crippen LogP contribution in [-0.4, -0.2) is 40.0 Å². The fourth-order valence-corrected chi connectivity index (χ4v) is 4.20. The summed E-state index contributed by atoms with van der Waals surface area (Å²) in [4.78, 5) is 31.0. The van der Waals surface area contributed by atoms with E-state index in [0.29, 0.717) is 19.5 Å². The molecule has 1 aliphatic carbocycles. The Morgan fingerprint density at radius 3 is 2.93 bits per heavy atom. The SMILES string of the molecule is CN(Cc1nc2c(n1C)CCCC2)C(=O)NCC1CC(=O)Nc2ccccc21. The Morgan fingerprint density at radius 2 is 2.11 bits per heavy atom. The number of anilines is 1. The van der Waals surface area contributed by atoms with E-state index in [0.717, 1.165) is 29.9 Å². The smallest absolute Gasteiger partial charge is 0.317 e. The fraction of sp³-hybridized carbons (Fsp3) is 0.476. The number of amides is 3. The predicted molar refractivity (Wildman–Crippen MR) is 107 cm³/mol. The molecule has 3 amide bonds. The van der Waals surface area contributed by atoms with Gasteiger partial charge in [-0.15, -0.1) is 0 Å².